The van der Waals surface area contributed by atoms with Gasteiger partial charge in [-0.05, 0) is 29.2 Å². The molecule has 0 N–H and O–H groups in total. The molecule has 3 aromatic rings. The van der Waals surface area contributed by atoms with Crippen molar-refractivity contribution < 1.29 is 4.42 Å². The van der Waals surface area contributed by atoms with Gasteiger partial charge in [-0.1, -0.05) is 78.3 Å². The van der Waals surface area contributed by atoms with Crippen LogP contribution in [0.4, 0.5) is 0 Å². The Hall–Kier alpha value is -1.49. The van der Waals surface area contributed by atoms with Crippen molar-refractivity contribution in [1.82, 2.24) is 10.2 Å². The smallest absolute Gasteiger partial charge is 0.276 e. The third-order valence-corrected chi connectivity index (χ3v) is 5.27. The van der Waals surface area contributed by atoms with Gasteiger partial charge in [0.15, 0.2) is 0 Å². The van der Waals surface area contributed by atoms with Crippen LogP contribution in [0.1, 0.15) is 29.9 Å². The molecule has 0 aliphatic rings. The quantitative estimate of drug-likeness (QED) is 0.491. The molecule has 1 atom stereocenters. The second-order valence-corrected chi connectivity index (χ2v) is 7.26. The fourth-order valence-corrected chi connectivity index (χ4v) is 3.36. The monoisotopic (exact) mass is 378 g/mol. The first-order chi connectivity index (χ1) is 11.6. The third-order valence-electron chi connectivity index (χ3n) is 3.64. The van der Waals surface area contributed by atoms with E-state index >= 15 is 0 Å². The molecule has 1 aromatic heterocycles. The zero-order chi connectivity index (χ0) is 16.9. The van der Waals surface area contributed by atoms with E-state index in [4.69, 9.17) is 27.6 Å². The van der Waals surface area contributed by atoms with E-state index in [9.17, 15) is 0 Å². The molecule has 0 spiro atoms. The lowest BCUT2D eigenvalue weighted by atomic mass is 9.98. The summed E-state index contributed by atoms with van der Waals surface area (Å²) < 4.78 is 5.73. The summed E-state index contributed by atoms with van der Waals surface area (Å²) in [6.45, 7) is 2.15. The molecule has 0 bridgehead atoms. The van der Waals surface area contributed by atoms with Crippen LogP contribution in [0.5, 0.6) is 0 Å². The molecule has 0 aliphatic carbocycles. The zero-order valence-corrected chi connectivity index (χ0v) is 15.4. The van der Waals surface area contributed by atoms with Crippen LogP contribution < -0.4 is 0 Å². The molecule has 24 heavy (non-hydrogen) atoms. The summed E-state index contributed by atoms with van der Waals surface area (Å²) in [5.41, 5.74) is 2.33. The van der Waals surface area contributed by atoms with Gasteiger partial charge in [0.1, 0.15) is 0 Å². The highest BCUT2D eigenvalue weighted by Gasteiger charge is 2.13. The number of hydrogen-bond acceptors (Lipinski definition) is 4. The standard InChI is InChI=1S/C18H16Cl2N2OS/c1-12(14-5-3-2-4-6-14)9-17-21-22-18(23-17)24-11-13-7-8-15(19)16(20)10-13/h2-8,10,12H,9,11H2,1H3. The van der Waals surface area contributed by atoms with Crippen LogP contribution in [0.15, 0.2) is 58.2 Å². The van der Waals surface area contributed by atoms with Gasteiger partial charge in [0.25, 0.3) is 5.22 Å². The Morgan fingerprint density at radius 3 is 2.58 bits per heavy atom. The Kier molecular flexibility index (Phi) is 5.82. The van der Waals surface area contributed by atoms with Crippen LogP contribution >= 0.6 is 35.0 Å². The van der Waals surface area contributed by atoms with Crippen molar-refractivity contribution in [2.24, 2.45) is 0 Å². The van der Waals surface area contributed by atoms with E-state index in [1.165, 1.54) is 17.3 Å². The molecule has 0 fully saturated rings. The molecule has 0 radical (unpaired) electrons. The van der Waals surface area contributed by atoms with Crippen molar-refractivity contribution in [3.8, 4) is 0 Å². The Balaban J connectivity index is 1.58. The van der Waals surface area contributed by atoms with Gasteiger partial charge in [-0.2, -0.15) is 0 Å². The van der Waals surface area contributed by atoms with Gasteiger partial charge in [0, 0.05) is 12.2 Å². The molecule has 2 aromatic carbocycles. The summed E-state index contributed by atoms with van der Waals surface area (Å²) in [7, 11) is 0. The second kappa shape index (κ2) is 8.06. The van der Waals surface area contributed by atoms with Gasteiger partial charge in [0.05, 0.1) is 10.0 Å². The lowest BCUT2D eigenvalue weighted by Gasteiger charge is -2.08. The minimum absolute atomic E-state index is 0.333. The molecule has 0 saturated heterocycles. The lowest BCUT2D eigenvalue weighted by Crippen LogP contribution is -1.98. The maximum atomic E-state index is 6.02. The summed E-state index contributed by atoms with van der Waals surface area (Å²) in [4.78, 5) is 0. The first-order valence-corrected chi connectivity index (χ1v) is 9.30. The Morgan fingerprint density at radius 1 is 1.04 bits per heavy atom. The largest absolute Gasteiger partial charge is 0.416 e. The SMILES string of the molecule is CC(Cc1nnc(SCc2ccc(Cl)c(Cl)c2)o1)c1ccccc1. The predicted octanol–water partition coefficient (Wildman–Crippen LogP) is 6.01. The van der Waals surface area contributed by atoms with Crippen molar-refractivity contribution in [1.29, 1.82) is 0 Å². The van der Waals surface area contributed by atoms with Gasteiger partial charge in [0.2, 0.25) is 5.89 Å². The molecule has 0 saturated carbocycles. The number of nitrogens with zero attached hydrogens (tertiary/aromatic N) is 2. The van der Waals surface area contributed by atoms with Gasteiger partial charge >= 0.3 is 0 Å². The van der Waals surface area contributed by atoms with Crippen molar-refractivity contribution in [2.75, 3.05) is 0 Å². The van der Waals surface area contributed by atoms with E-state index < -0.39 is 0 Å². The van der Waals surface area contributed by atoms with Crippen molar-refractivity contribution in [3.05, 3.63) is 75.6 Å². The number of halogens is 2. The molecule has 1 unspecified atom stereocenters. The minimum atomic E-state index is 0.333. The van der Waals surface area contributed by atoms with Crippen molar-refractivity contribution in [2.45, 2.75) is 30.2 Å². The predicted molar refractivity (Wildman–Crippen MR) is 98.9 cm³/mol. The highest BCUT2D eigenvalue weighted by Crippen LogP contribution is 2.28. The van der Waals surface area contributed by atoms with E-state index in [0.29, 0.717) is 32.8 Å². The molecule has 3 nitrogen and oxygen atoms in total. The molecule has 0 aliphatic heterocycles. The van der Waals surface area contributed by atoms with Crippen LogP contribution in [-0.4, -0.2) is 10.2 Å². The average molecular weight is 379 g/mol. The van der Waals surface area contributed by atoms with E-state index in [2.05, 4.69) is 29.3 Å². The first kappa shape index (κ1) is 17.3. The summed E-state index contributed by atoms with van der Waals surface area (Å²) in [5.74, 6) is 1.69. The zero-order valence-electron chi connectivity index (χ0n) is 13.1. The lowest BCUT2D eigenvalue weighted by molar-refractivity contribution is 0.404. The molecule has 1 heterocycles. The van der Waals surface area contributed by atoms with Gasteiger partial charge < -0.3 is 4.42 Å². The maximum Gasteiger partial charge on any atom is 0.276 e. The number of rotatable bonds is 6. The van der Waals surface area contributed by atoms with E-state index in [1.54, 1.807) is 6.07 Å². The van der Waals surface area contributed by atoms with Gasteiger partial charge in [-0.3, -0.25) is 0 Å². The fourth-order valence-electron chi connectivity index (χ4n) is 2.31. The number of thioether (sulfide) groups is 1. The normalized spacial score (nSPS) is 12.3. The van der Waals surface area contributed by atoms with Crippen LogP contribution in [-0.2, 0) is 12.2 Å². The van der Waals surface area contributed by atoms with Gasteiger partial charge in [-0.15, -0.1) is 10.2 Å². The topological polar surface area (TPSA) is 38.9 Å². The molecular formula is C18H16Cl2N2OS. The highest BCUT2D eigenvalue weighted by molar-refractivity contribution is 7.98. The molecule has 6 heteroatoms. The maximum absolute atomic E-state index is 6.02. The molecule has 124 valence electrons. The summed E-state index contributed by atoms with van der Waals surface area (Å²) in [5, 5.41) is 9.92. The van der Waals surface area contributed by atoms with E-state index in [1.807, 2.05) is 30.3 Å². The minimum Gasteiger partial charge on any atom is -0.416 e. The van der Waals surface area contributed by atoms with Crippen LogP contribution in [0, 0.1) is 0 Å². The summed E-state index contributed by atoms with van der Waals surface area (Å²) in [6, 6.07) is 15.9. The van der Waals surface area contributed by atoms with Crippen molar-refractivity contribution >= 4 is 35.0 Å². The van der Waals surface area contributed by atoms with Crippen LogP contribution in [0.2, 0.25) is 10.0 Å². The molecule has 3 rings (SSSR count). The molecule has 0 amide bonds. The Bertz CT molecular complexity index is 808. The van der Waals surface area contributed by atoms with Crippen LogP contribution in [0.25, 0.3) is 0 Å². The summed E-state index contributed by atoms with van der Waals surface area (Å²) in [6.07, 6.45) is 0.727. The third kappa shape index (κ3) is 4.53. The van der Waals surface area contributed by atoms with Crippen molar-refractivity contribution in [3.63, 3.8) is 0 Å². The number of benzene rings is 2. The highest BCUT2D eigenvalue weighted by atomic mass is 35.5. The Morgan fingerprint density at radius 2 is 1.83 bits per heavy atom. The second-order valence-electron chi connectivity index (χ2n) is 5.51. The number of hydrogen-bond donors (Lipinski definition) is 0. The summed E-state index contributed by atoms with van der Waals surface area (Å²) >= 11 is 13.4. The molecular weight excluding hydrogens is 363 g/mol. The first-order valence-electron chi connectivity index (χ1n) is 7.56. The Labute approximate surface area is 155 Å². The van der Waals surface area contributed by atoms with Crippen LogP contribution in [0.3, 0.4) is 0 Å². The fraction of sp³-hybridized carbons (Fsp3) is 0.222. The average Bonchev–Trinajstić information content (AvgIpc) is 3.04. The number of aromatic nitrogens is 2. The van der Waals surface area contributed by atoms with Gasteiger partial charge in [-0.25, -0.2) is 0 Å². The van der Waals surface area contributed by atoms with E-state index in [-0.39, 0.29) is 0 Å². The van der Waals surface area contributed by atoms with E-state index in [0.717, 1.165) is 12.0 Å².